The van der Waals surface area contributed by atoms with Gasteiger partial charge in [0.2, 0.25) is 5.91 Å². The number of hydrogen-bond donors (Lipinski definition) is 2. The van der Waals surface area contributed by atoms with Crippen LogP contribution in [0.4, 0.5) is 0 Å². The van der Waals surface area contributed by atoms with E-state index in [9.17, 15) is 4.79 Å². The molecule has 0 aromatic carbocycles. The molecule has 1 fully saturated rings. The molecule has 4 heteroatoms. The minimum absolute atomic E-state index is 0.0523. The van der Waals surface area contributed by atoms with Crippen LogP contribution in [0.25, 0.3) is 0 Å². The Hall–Kier alpha value is -0.610. The van der Waals surface area contributed by atoms with E-state index < -0.39 is 0 Å². The first-order valence-corrected chi connectivity index (χ1v) is 6.66. The zero-order valence-electron chi connectivity index (χ0n) is 11.2. The summed E-state index contributed by atoms with van der Waals surface area (Å²) in [5, 5.41) is 2.90. The fraction of sp³-hybridized carbons (Fsp3) is 0.923. The molecule has 0 radical (unpaired) electrons. The van der Waals surface area contributed by atoms with Crippen molar-refractivity contribution >= 4 is 5.91 Å². The highest BCUT2D eigenvalue weighted by Crippen LogP contribution is 2.32. The average molecular weight is 242 g/mol. The average Bonchev–Trinajstić information content (AvgIpc) is 2.22. The van der Waals surface area contributed by atoms with Gasteiger partial charge in [0.25, 0.3) is 0 Å². The lowest BCUT2D eigenvalue weighted by atomic mass is 9.80. The predicted molar refractivity (Wildman–Crippen MR) is 68.6 cm³/mol. The van der Waals surface area contributed by atoms with Gasteiger partial charge in [-0.05, 0) is 31.6 Å². The number of amides is 1. The normalized spacial score (nSPS) is 25.5. The molecule has 0 heterocycles. The van der Waals surface area contributed by atoms with Gasteiger partial charge in [0.1, 0.15) is 0 Å². The topological polar surface area (TPSA) is 64.3 Å². The third-order valence-corrected chi connectivity index (χ3v) is 3.46. The van der Waals surface area contributed by atoms with E-state index in [4.69, 9.17) is 10.5 Å². The smallest absolute Gasteiger partial charge is 0.220 e. The monoisotopic (exact) mass is 242 g/mol. The lowest BCUT2D eigenvalue weighted by Crippen LogP contribution is -2.42. The van der Waals surface area contributed by atoms with E-state index in [1.807, 2.05) is 6.92 Å². The minimum atomic E-state index is 0.0523. The quantitative estimate of drug-likeness (QED) is 0.707. The summed E-state index contributed by atoms with van der Waals surface area (Å²) in [5.41, 5.74) is 5.87. The van der Waals surface area contributed by atoms with Gasteiger partial charge in [-0.15, -0.1) is 0 Å². The van der Waals surface area contributed by atoms with Gasteiger partial charge >= 0.3 is 0 Å². The van der Waals surface area contributed by atoms with E-state index >= 15 is 0 Å². The van der Waals surface area contributed by atoms with E-state index in [0.29, 0.717) is 30.9 Å². The van der Waals surface area contributed by atoms with Gasteiger partial charge in [-0.25, -0.2) is 0 Å². The molecule has 4 nitrogen and oxygen atoms in total. The number of ether oxygens (including phenoxy) is 1. The van der Waals surface area contributed by atoms with E-state index in [-0.39, 0.29) is 11.9 Å². The second kappa shape index (κ2) is 6.97. The molecule has 0 bridgehead atoms. The standard InChI is InChI=1S/C13H26N2O2/c1-4-17-11-5-10(6-11)7-13(16)15-8-12(14)9(2)3/h9-12H,4-8,14H2,1-3H3,(H,15,16). The number of rotatable bonds is 7. The molecule has 1 aliphatic carbocycles. The molecule has 1 amide bonds. The zero-order chi connectivity index (χ0) is 12.8. The van der Waals surface area contributed by atoms with Crippen molar-refractivity contribution in [2.75, 3.05) is 13.2 Å². The SMILES string of the molecule is CCOC1CC(CC(=O)NCC(N)C(C)C)C1. The summed E-state index contributed by atoms with van der Waals surface area (Å²) in [5.74, 6) is 1.03. The predicted octanol–water partition coefficient (Wildman–Crippen LogP) is 1.29. The van der Waals surface area contributed by atoms with Gasteiger partial charge in [0, 0.05) is 25.6 Å². The molecule has 1 atom stereocenters. The highest BCUT2D eigenvalue weighted by molar-refractivity contribution is 5.76. The second-order valence-electron chi connectivity index (χ2n) is 5.33. The van der Waals surface area contributed by atoms with Crippen molar-refractivity contribution in [1.29, 1.82) is 0 Å². The lowest BCUT2D eigenvalue weighted by molar-refractivity contribution is -0.124. The highest BCUT2D eigenvalue weighted by Gasteiger charge is 2.30. The van der Waals surface area contributed by atoms with Crippen LogP contribution in [-0.2, 0) is 9.53 Å². The number of hydrogen-bond acceptors (Lipinski definition) is 3. The number of nitrogens with two attached hydrogens (primary N) is 1. The van der Waals surface area contributed by atoms with Crippen molar-refractivity contribution in [2.45, 2.75) is 52.2 Å². The summed E-state index contributed by atoms with van der Waals surface area (Å²) in [6.45, 7) is 7.49. The maximum Gasteiger partial charge on any atom is 0.220 e. The van der Waals surface area contributed by atoms with Crippen LogP contribution in [0.3, 0.4) is 0 Å². The van der Waals surface area contributed by atoms with Crippen molar-refractivity contribution in [3.63, 3.8) is 0 Å². The molecule has 0 aliphatic heterocycles. The highest BCUT2D eigenvalue weighted by atomic mass is 16.5. The summed E-state index contributed by atoms with van der Waals surface area (Å²) in [6.07, 6.45) is 3.05. The van der Waals surface area contributed by atoms with Gasteiger partial charge in [0.05, 0.1) is 6.10 Å². The van der Waals surface area contributed by atoms with Gasteiger partial charge in [-0.1, -0.05) is 13.8 Å². The van der Waals surface area contributed by atoms with E-state index in [1.54, 1.807) is 0 Å². The third kappa shape index (κ3) is 5.04. The summed E-state index contributed by atoms with van der Waals surface area (Å²) < 4.78 is 5.47. The van der Waals surface area contributed by atoms with Crippen LogP contribution >= 0.6 is 0 Å². The Bertz CT molecular complexity index is 238. The van der Waals surface area contributed by atoms with Crippen molar-refractivity contribution in [2.24, 2.45) is 17.6 Å². The molecule has 1 rings (SSSR count). The van der Waals surface area contributed by atoms with Crippen LogP contribution in [-0.4, -0.2) is 31.2 Å². The van der Waals surface area contributed by atoms with Crippen LogP contribution in [0.5, 0.6) is 0 Å². The number of carbonyl (C=O) groups excluding carboxylic acids is 1. The third-order valence-electron chi connectivity index (χ3n) is 3.46. The Morgan fingerprint density at radius 2 is 2.12 bits per heavy atom. The Morgan fingerprint density at radius 3 is 2.65 bits per heavy atom. The molecule has 1 saturated carbocycles. The molecule has 1 aliphatic rings. The Balaban J connectivity index is 2.07. The molecule has 17 heavy (non-hydrogen) atoms. The summed E-state index contributed by atoms with van der Waals surface area (Å²) >= 11 is 0. The molecule has 0 spiro atoms. The summed E-state index contributed by atoms with van der Waals surface area (Å²) in [7, 11) is 0. The maximum atomic E-state index is 11.6. The van der Waals surface area contributed by atoms with Crippen LogP contribution in [0, 0.1) is 11.8 Å². The molecule has 100 valence electrons. The van der Waals surface area contributed by atoms with Crippen LogP contribution < -0.4 is 11.1 Å². The first-order valence-electron chi connectivity index (χ1n) is 6.66. The van der Waals surface area contributed by atoms with Gasteiger partial charge in [0.15, 0.2) is 0 Å². The first kappa shape index (κ1) is 14.5. The largest absolute Gasteiger partial charge is 0.378 e. The molecule has 0 aromatic heterocycles. The van der Waals surface area contributed by atoms with Crippen molar-refractivity contribution in [1.82, 2.24) is 5.32 Å². The zero-order valence-corrected chi connectivity index (χ0v) is 11.2. The van der Waals surface area contributed by atoms with Gasteiger partial charge < -0.3 is 15.8 Å². The Labute approximate surface area is 104 Å². The summed E-state index contributed by atoms with van der Waals surface area (Å²) in [6, 6.07) is 0.0523. The molecule has 1 unspecified atom stereocenters. The molecule has 0 aromatic rings. The van der Waals surface area contributed by atoms with E-state index in [2.05, 4.69) is 19.2 Å². The number of nitrogens with one attached hydrogen (secondary N) is 1. The molecule has 3 N–H and O–H groups in total. The molecular weight excluding hydrogens is 216 g/mol. The number of carbonyl (C=O) groups is 1. The van der Waals surface area contributed by atoms with E-state index in [0.717, 1.165) is 19.4 Å². The first-order chi connectivity index (χ1) is 8.02. The fourth-order valence-corrected chi connectivity index (χ4v) is 2.01. The van der Waals surface area contributed by atoms with Crippen LogP contribution in [0.2, 0.25) is 0 Å². The van der Waals surface area contributed by atoms with Gasteiger partial charge in [-0.3, -0.25) is 4.79 Å². The minimum Gasteiger partial charge on any atom is -0.378 e. The van der Waals surface area contributed by atoms with Crippen molar-refractivity contribution in [3.05, 3.63) is 0 Å². The van der Waals surface area contributed by atoms with Crippen LogP contribution in [0.1, 0.15) is 40.0 Å². The summed E-state index contributed by atoms with van der Waals surface area (Å²) in [4.78, 5) is 11.6. The van der Waals surface area contributed by atoms with Crippen LogP contribution in [0.15, 0.2) is 0 Å². The fourth-order valence-electron chi connectivity index (χ4n) is 2.01. The lowest BCUT2D eigenvalue weighted by Gasteiger charge is -2.34. The van der Waals surface area contributed by atoms with Gasteiger partial charge in [-0.2, -0.15) is 0 Å². The van der Waals surface area contributed by atoms with E-state index in [1.165, 1.54) is 0 Å². The van der Waals surface area contributed by atoms with Crippen molar-refractivity contribution in [3.8, 4) is 0 Å². The Morgan fingerprint density at radius 1 is 1.47 bits per heavy atom. The molecule has 0 saturated heterocycles. The maximum absolute atomic E-state index is 11.6. The Kier molecular flexibility index (Phi) is 5.92. The second-order valence-corrected chi connectivity index (χ2v) is 5.33. The van der Waals surface area contributed by atoms with Crippen molar-refractivity contribution < 1.29 is 9.53 Å². The molecular formula is C13H26N2O2.